The highest BCUT2D eigenvalue weighted by Gasteiger charge is 2.43. The number of rotatable bonds is 4. The zero-order valence-electron chi connectivity index (χ0n) is 11.6. The number of hydrogen-bond acceptors (Lipinski definition) is 4. The van der Waals surface area contributed by atoms with E-state index in [0.29, 0.717) is 17.9 Å². The lowest BCUT2D eigenvalue weighted by Gasteiger charge is -2.20. The van der Waals surface area contributed by atoms with Crippen LogP contribution in [0.5, 0.6) is 5.75 Å². The molecule has 2 N–H and O–H groups in total. The minimum absolute atomic E-state index is 0.0678. The minimum Gasteiger partial charge on any atom is -0.497 e. The fourth-order valence-corrected chi connectivity index (χ4v) is 2.58. The molecule has 0 radical (unpaired) electrons. The largest absolute Gasteiger partial charge is 0.497 e. The Bertz CT molecular complexity index is 496. The van der Waals surface area contributed by atoms with E-state index in [1.54, 1.807) is 17.0 Å². The maximum atomic E-state index is 12.7. The Hall–Kier alpha value is -1.25. The van der Waals surface area contributed by atoms with Crippen LogP contribution in [0.15, 0.2) is 18.2 Å². The third-order valence-corrected chi connectivity index (χ3v) is 3.76. The van der Waals surface area contributed by atoms with Gasteiger partial charge in [0.15, 0.2) is 0 Å². The smallest absolute Gasteiger partial charge is 0.488 e. The van der Waals surface area contributed by atoms with Crippen LogP contribution in [0.25, 0.3) is 0 Å². The first-order valence-electron chi connectivity index (χ1n) is 6.63. The first kappa shape index (κ1) is 16.1. The molecule has 0 spiro atoms. The Balaban J connectivity index is 2.12. The molecule has 0 saturated carbocycles. The van der Waals surface area contributed by atoms with Crippen molar-refractivity contribution >= 4 is 12.6 Å². The van der Waals surface area contributed by atoms with E-state index in [4.69, 9.17) is 4.74 Å². The van der Waals surface area contributed by atoms with Crippen molar-refractivity contribution in [3.8, 4) is 5.75 Å². The second kappa shape index (κ2) is 6.25. The van der Waals surface area contributed by atoms with Crippen LogP contribution in [0.3, 0.4) is 0 Å². The average Bonchev–Trinajstić information content (AvgIpc) is 2.86. The van der Waals surface area contributed by atoms with Gasteiger partial charge >= 0.3 is 13.3 Å². The molecule has 1 saturated heterocycles. The maximum Gasteiger partial charge on any atom is 0.488 e. The Morgan fingerprint density at radius 3 is 2.62 bits per heavy atom. The van der Waals surface area contributed by atoms with Gasteiger partial charge in [0.2, 0.25) is 0 Å². The number of methoxy groups -OCH3 is 1. The highest BCUT2D eigenvalue weighted by atomic mass is 19.4. The van der Waals surface area contributed by atoms with Gasteiger partial charge in [-0.15, -0.1) is 0 Å². The SMILES string of the molecule is COc1ccc(B(O)O)c(CN2CCC(C(F)(F)F)C2)c1. The van der Waals surface area contributed by atoms with Gasteiger partial charge < -0.3 is 14.8 Å². The van der Waals surface area contributed by atoms with Crippen LogP contribution in [0.1, 0.15) is 12.0 Å². The lowest BCUT2D eigenvalue weighted by Crippen LogP contribution is -2.36. The van der Waals surface area contributed by atoms with E-state index < -0.39 is 19.2 Å². The van der Waals surface area contributed by atoms with Gasteiger partial charge in [0.1, 0.15) is 5.75 Å². The summed E-state index contributed by atoms with van der Waals surface area (Å²) in [5, 5.41) is 18.7. The molecule has 1 fully saturated rings. The number of alkyl halides is 3. The normalized spacial score (nSPS) is 19.8. The second-order valence-corrected chi connectivity index (χ2v) is 5.20. The van der Waals surface area contributed by atoms with Crippen molar-refractivity contribution < 1.29 is 28.0 Å². The number of hydrogen-bond donors (Lipinski definition) is 2. The molecule has 0 bridgehead atoms. The van der Waals surface area contributed by atoms with Crippen molar-refractivity contribution in [2.75, 3.05) is 20.2 Å². The Kier molecular flexibility index (Phi) is 4.80. The highest BCUT2D eigenvalue weighted by molar-refractivity contribution is 6.59. The number of halogens is 3. The third-order valence-electron chi connectivity index (χ3n) is 3.76. The van der Waals surface area contributed by atoms with Crippen LogP contribution >= 0.6 is 0 Å². The van der Waals surface area contributed by atoms with Crippen LogP contribution in [-0.2, 0) is 6.54 Å². The minimum atomic E-state index is -4.18. The van der Waals surface area contributed by atoms with Gasteiger partial charge in [-0.3, -0.25) is 4.90 Å². The molecule has 1 unspecified atom stereocenters. The molecule has 1 heterocycles. The number of nitrogens with zero attached hydrogens (tertiary/aromatic N) is 1. The fraction of sp³-hybridized carbons (Fsp3) is 0.538. The maximum absolute atomic E-state index is 12.7. The fourth-order valence-electron chi connectivity index (χ4n) is 2.58. The Morgan fingerprint density at radius 2 is 2.10 bits per heavy atom. The van der Waals surface area contributed by atoms with Crippen LogP contribution in [-0.4, -0.2) is 48.4 Å². The van der Waals surface area contributed by atoms with Crippen LogP contribution in [0.2, 0.25) is 0 Å². The lowest BCUT2D eigenvalue weighted by molar-refractivity contribution is -0.170. The summed E-state index contributed by atoms with van der Waals surface area (Å²) >= 11 is 0. The Labute approximate surface area is 121 Å². The lowest BCUT2D eigenvalue weighted by atomic mass is 9.77. The number of ether oxygens (including phenoxy) is 1. The van der Waals surface area contributed by atoms with Gasteiger partial charge in [0.05, 0.1) is 13.0 Å². The number of likely N-dealkylation sites (tertiary alicyclic amines) is 1. The molecule has 4 nitrogen and oxygen atoms in total. The monoisotopic (exact) mass is 303 g/mol. The van der Waals surface area contributed by atoms with E-state index in [9.17, 15) is 23.2 Å². The van der Waals surface area contributed by atoms with Gasteiger partial charge in [-0.25, -0.2) is 0 Å². The van der Waals surface area contributed by atoms with Crippen LogP contribution < -0.4 is 10.2 Å². The molecule has 0 aliphatic carbocycles. The van der Waals surface area contributed by atoms with Gasteiger partial charge in [-0.2, -0.15) is 13.2 Å². The zero-order valence-corrected chi connectivity index (χ0v) is 11.6. The van der Waals surface area contributed by atoms with Crippen molar-refractivity contribution in [3.05, 3.63) is 23.8 Å². The van der Waals surface area contributed by atoms with Crippen molar-refractivity contribution in [2.45, 2.75) is 19.1 Å². The van der Waals surface area contributed by atoms with Crippen molar-refractivity contribution in [1.29, 1.82) is 0 Å². The second-order valence-electron chi connectivity index (χ2n) is 5.20. The van der Waals surface area contributed by atoms with Crippen molar-refractivity contribution in [2.24, 2.45) is 5.92 Å². The molecule has 1 aliphatic rings. The van der Waals surface area contributed by atoms with Gasteiger partial charge in [-0.1, -0.05) is 6.07 Å². The molecule has 1 aromatic rings. The predicted molar refractivity (Wildman–Crippen MR) is 72.3 cm³/mol. The van der Waals surface area contributed by atoms with Crippen molar-refractivity contribution in [3.63, 3.8) is 0 Å². The molecule has 0 amide bonds. The third kappa shape index (κ3) is 3.90. The quantitative estimate of drug-likeness (QED) is 0.807. The molecular formula is C13H17BF3NO3. The molecule has 0 aromatic heterocycles. The molecule has 1 aromatic carbocycles. The molecular weight excluding hydrogens is 286 g/mol. The summed E-state index contributed by atoms with van der Waals surface area (Å²) in [5.41, 5.74) is 0.846. The summed E-state index contributed by atoms with van der Waals surface area (Å²) in [6.07, 6.45) is -4.10. The zero-order chi connectivity index (χ0) is 15.6. The summed E-state index contributed by atoms with van der Waals surface area (Å²) in [5.74, 6) is -0.786. The standard InChI is InChI=1S/C13H17BF3NO3/c1-21-11-2-3-12(14(19)20)9(6-11)7-18-5-4-10(8-18)13(15,16)17/h2-3,6,10,19-20H,4-5,7-8H2,1H3. The van der Waals surface area contributed by atoms with Gasteiger partial charge in [0, 0.05) is 13.1 Å². The first-order valence-corrected chi connectivity index (χ1v) is 6.63. The number of benzene rings is 1. The predicted octanol–water partition coefficient (Wildman–Crippen LogP) is 0.759. The molecule has 8 heteroatoms. The van der Waals surface area contributed by atoms with Gasteiger partial charge in [-0.05, 0) is 36.1 Å². The van der Waals surface area contributed by atoms with E-state index in [-0.39, 0.29) is 25.0 Å². The topological polar surface area (TPSA) is 52.9 Å². The van der Waals surface area contributed by atoms with Crippen LogP contribution in [0, 0.1) is 5.92 Å². The summed E-state index contributed by atoms with van der Waals surface area (Å²) in [4.78, 5) is 1.67. The van der Waals surface area contributed by atoms with E-state index >= 15 is 0 Å². The van der Waals surface area contributed by atoms with E-state index in [0.717, 1.165) is 0 Å². The average molecular weight is 303 g/mol. The highest BCUT2D eigenvalue weighted by Crippen LogP contribution is 2.34. The van der Waals surface area contributed by atoms with Crippen LogP contribution in [0.4, 0.5) is 13.2 Å². The summed E-state index contributed by atoms with van der Waals surface area (Å²) in [7, 11) is -0.184. The molecule has 2 rings (SSSR count). The summed E-state index contributed by atoms with van der Waals surface area (Å²) in [6.45, 7) is 0.501. The van der Waals surface area contributed by atoms with E-state index in [2.05, 4.69) is 0 Å². The molecule has 1 atom stereocenters. The van der Waals surface area contributed by atoms with E-state index in [1.807, 2.05) is 0 Å². The van der Waals surface area contributed by atoms with E-state index in [1.165, 1.54) is 13.2 Å². The molecule has 1 aliphatic heterocycles. The van der Waals surface area contributed by atoms with Crippen molar-refractivity contribution in [1.82, 2.24) is 4.90 Å². The summed E-state index contributed by atoms with van der Waals surface area (Å²) in [6, 6.07) is 4.71. The first-order chi connectivity index (χ1) is 9.81. The Morgan fingerprint density at radius 1 is 1.38 bits per heavy atom. The molecule has 21 heavy (non-hydrogen) atoms. The van der Waals surface area contributed by atoms with Gasteiger partial charge in [0.25, 0.3) is 0 Å². The summed E-state index contributed by atoms with van der Waals surface area (Å²) < 4.78 is 43.1. The molecule has 116 valence electrons.